The Bertz CT molecular complexity index is 684. The Morgan fingerprint density at radius 1 is 1.19 bits per heavy atom. The van der Waals surface area contributed by atoms with Gasteiger partial charge in [0.1, 0.15) is 5.03 Å². The molecule has 0 bridgehead atoms. The highest BCUT2D eigenvalue weighted by atomic mass is 32.2. The molecule has 0 spiro atoms. The molecule has 0 unspecified atom stereocenters. The van der Waals surface area contributed by atoms with Crippen LogP contribution in [-0.2, 0) is 4.79 Å². The van der Waals surface area contributed by atoms with Crippen LogP contribution in [0.3, 0.4) is 0 Å². The van der Waals surface area contributed by atoms with Crippen LogP contribution < -0.4 is 11.1 Å². The average Bonchev–Trinajstić information content (AvgIpc) is 2.47. The van der Waals surface area contributed by atoms with Crippen molar-refractivity contribution in [3.8, 4) is 0 Å². The minimum Gasteiger partial charge on any atom is -0.381 e. The van der Waals surface area contributed by atoms with E-state index in [4.69, 9.17) is 5.73 Å². The summed E-state index contributed by atoms with van der Waals surface area (Å²) in [6.45, 7) is 0. The van der Waals surface area contributed by atoms with Crippen molar-refractivity contribution in [2.45, 2.75) is 5.03 Å². The topological polar surface area (TPSA) is 80.9 Å². The van der Waals surface area contributed by atoms with Crippen LogP contribution in [0.4, 0.5) is 24.7 Å². The zero-order chi connectivity index (χ0) is 15.4. The summed E-state index contributed by atoms with van der Waals surface area (Å²) in [5.74, 6) is -5.01. The number of benzene rings is 1. The fourth-order valence-electron chi connectivity index (χ4n) is 1.39. The molecule has 5 nitrogen and oxygen atoms in total. The van der Waals surface area contributed by atoms with Crippen molar-refractivity contribution in [3.05, 3.63) is 42.0 Å². The van der Waals surface area contributed by atoms with E-state index >= 15 is 0 Å². The van der Waals surface area contributed by atoms with E-state index in [9.17, 15) is 18.0 Å². The van der Waals surface area contributed by atoms with E-state index in [1.54, 1.807) is 0 Å². The number of nitrogens with two attached hydrogens (primary N) is 1. The van der Waals surface area contributed by atoms with Crippen LogP contribution >= 0.6 is 11.8 Å². The highest BCUT2D eigenvalue weighted by Crippen LogP contribution is 2.22. The van der Waals surface area contributed by atoms with Gasteiger partial charge in [-0.1, -0.05) is 11.8 Å². The second kappa shape index (κ2) is 6.44. The number of carbonyl (C=O) groups excluding carboxylic acids is 1. The minimum atomic E-state index is -1.64. The number of hydrogen-bond donors (Lipinski definition) is 2. The molecule has 110 valence electrons. The SMILES string of the molecule is Nc1nccnc1SCC(=O)Nc1ccc(F)c(F)c1F. The van der Waals surface area contributed by atoms with Crippen molar-refractivity contribution < 1.29 is 18.0 Å². The van der Waals surface area contributed by atoms with Crippen LogP contribution in [0, 0.1) is 17.5 Å². The maximum atomic E-state index is 13.4. The Morgan fingerprint density at radius 2 is 1.90 bits per heavy atom. The smallest absolute Gasteiger partial charge is 0.234 e. The summed E-state index contributed by atoms with van der Waals surface area (Å²) >= 11 is 0.987. The van der Waals surface area contributed by atoms with E-state index in [0.29, 0.717) is 5.03 Å². The molecule has 0 atom stereocenters. The Labute approximate surface area is 121 Å². The molecule has 0 saturated heterocycles. The van der Waals surface area contributed by atoms with Gasteiger partial charge in [0.25, 0.3) is 0 Å². The number of rotatable bonds is 4. The van der Waals surface area contributed by atoms with Crippen LogP contribution in [0.25, 0.3) is 0 Å². The lowest BCUT2D eigenvalue weighted by Gasteiger charge is -2.07. The molecule has 2 aromatic rings. The van der Waals surface area contributed by atoms with Crippen LogP contribution in [-0.4, -0.2) is 21.6 Å². The summed E-state index contributed by atoms with van der Waals surface area (Å²) in [5.41, 5.74) is 5.10. The van der Waals surface area contributed by atoms with E-state index < -0.39 is 29.0 Å². The molecule has 1 heterocycles. The predicted octanol–water partition coefficient (Wildman–Crippen LogP) is 2.21. The van der Waals surface area contributed by atoms with E-state index in [1.165, 1.54) is 12.4 Å². The number of nitrogens with one attached hydrogen (secondary N) is 1. The molecule has 3 N–H and O–H groups in total. The van der Waals surface area contributed by atoms with Crippen LogP contribution in [0.2, 0.25) is 0 Å². The number of amides is 1. The van der Waals surface area contributed by atoms with Crippen molar-refractivity contribution in [2.75, 3.05) is 16.8 Å². The maximum absolute atomic E-state index is 13.4. The first-order valence-corrected chi connectivity index (χ1v) is 6.60. The Balaban J connectivity index is 2.00. The molecule has 2 rings (SSSR count). The monoisotopic (exact) mass is 314 g/mol. The van der Waals surface area contributed by atoms with Gasteiger partial charge in [0.05, 0.1) is 11.4 Å². The van der Waals surface area contributed by atoms with Gasteiger partial charge in [-0.2, -0.15) is 0 Å². The summed E-state index contributed by atoms with van der Waals surface area (Å²) in [5, 5.41) is 2.48. The van der Waals surface area contributed by atoms with Crippen molar-refractivity contribution in [1.29, 1.82) is 0 Å². The number of nitrogens with zero attached hydrogens (tertiary/aromatic N) is 2. The highest BCUT2D eigenvalue weighted by Gasteiger charge is 2.15. The number of thioether (sulfide) groups is 1. The van der Waals surface area contributed by atoms with Crippen LogP contribution in [0.1, 0.15) is 0 Å². The van der Waals surface area contributed by atoms with Gasteiger partial charge in [-0.3, -0.25) is 4.79 Å². The summed E-state index contributed by atoms with van der Waals surface area (Å²) in [7, 11) is 0. The van der Waals surface area contributed by atoms with Crippen molar-refractivity contribution in [3.63, 3.8) is 0 Å². The Hall–Kier alpha value is -2.29. The first kappa shape index (κ1) is 15.1. The average molecular weight is 314 g/mol. The molecule has 0 aliphatic carbocycles. The molecule has 21 heavy (non-hydrogen) atoms. The third kappa shape index (κ3) is 3.63. The molecule has 1 aromatic carbocycles. The number of anilines is 2. The lowest BCUT2D eigenvalue weighted by atomic mass is 10.3. The molecular formula is C12H9F3N4OS. The second-order valence-corrected chi connectivity index (χ2v) is 4.77. The van der Waals surface area contributed by atoms with E-state index in [-0.39, 0.29) is 11.6 Å². The first-order chi connectivity index (χ1) is 9.99. The van der Waals surface area contributed by atoms with E-state index in [2.05, 4.69) is 15.3 Å². The van der Waals surface area contributed by atoms with Gasteiger partial charge in [0.15, 0.2) is 23.3 Å². The molecule has 0 aliphatic heterocycles. The lowest BCUT2D eigenvalue weighted by molar-refractivity contribution is -0.113. The molecule has 1 aromatic heterocycles. The van der Waals surface area contributed by atoms with Crippen LogP contribution in [0.5, 0.6) is 0 Å². The first-order valence-electron chi connectivity index (χ1n) is 5.61. The lowest BCUT2D eigenvalue weighted by Crippen LogP contribution is -2.16. The standard InChI is InChI=1S/C12H9F3N4OS/c13-6-1-2-7(10(15)9(6)14)19-8(20)5-21-12-11(16)17-3-4-18-12/h1-4H,5H2,(H2,16,17)(H,19,20). The van der Waals surface area contributed by atoms with Gasteiger partial charge in [-0.05, 0) is 12.1 Å². The van der Waals surface area contributed by atoms with Gasteiger partial charge < -0.3 is 11.1 Å². The number of nitrogen functional groups attached to an aromatic ring is 1. The fraction of sp³-hybridized carbons (Fsp3) is 0.0833. The largest absolute Gasteiger partial charge is 0.381 e. The third-order valence-electron chi connectivity index (χ3n) is 2.34. The Morgan fingerprint density at radius 3 is 2.62 bits per heavy atom. The molecule has 1 amide bonds. The fourth-order valence-corrected chi connectivity index (χ4v) is 2.07. The molecule has 0 fully saturated rings. The molecular weight excluding hydrogens is 305 g/mol. The number of aromatic nitrogens is 2. The number of carbonyl (C=O) groups is 1. The van der Waals surface area contributed by atoms with Crippen molar-refractivity contribution in [2.24, 2.45) is 0 Å². The Kier molecular flexibility index (Phi) is 4.63. The van der Waals surface area contributed by atoms with Crippen molar-refractivity contribution >= 4 is 29.2 Å². The second-order valence-electron chi connectivity index (χ2n) is 3.81. The normalized spacial score (nSPS) is 10.4. The van der Waals surface area contributed by atoms with Gasteiger partial charge >= 0.3 is 0 Å². The van der Waals surface area contributed by atoms with E-state index in [1.807, 2.05) is 0 Å². The quantitative estimate of drug-likeness (QED) is 0.668. The summed E-state index contributed by atoms with van der Waals surface area (Å²) in [4.78, 5) is 19.3. The third-order valence-corrected chi connectivity index (χ3v) is 3.33. The summed E-state index contributed by atoms with van der Waals surface area (Å²) in [6, 6.07) is 1.66. The van der Waals surface area contributed by atoms with Crippen LogP contribution in [0.15, 0.2) is 29.6 Å². The minimum absolute atomic E-state index is 0.138. The van der Waals surface area contributed by atoms with Gasteiger partial charge in [0.2, 0.25) is 5.91 Å². The summed E-state index contributed by atoms with van der Waals surface area (Å²) < 4.78 is 39.1. The number of hydrogen-bond acceptors (Lipinski definition) is 5. The molecule has 0 saturated carbocycles. The van der Waals surface area contributed by atoms with E-state index in [0.717, 1.165) is 23.9 Å². The van der Waals surface area contributed by atoms with Gasteiger partial charge in [0, 0.05) is 12.4 Å². The summed E-state index contributed by atoms with van der Waals surface area (Å²) in [6.07, 6.45) is 2.81. The maximum Gasteiger partial charge on any atom is 0.234 e. The predicted molar refractivity (Wildman–Crippen MR) is 72.1 cm³/mol. The van der Waals surface area contributed by atoms with Gasteiger partial charge in [-0.15, -0.1) is 0 Å². The zero-order valence-electron chi connectivity index (χ0n) is 10.4. The molecule has 0 aliphatic rings. The zero-order valence-corrected chi connectivity index (χ0v) is 11.3. The van der Waals surface area contributed by atoms with Crippen molar-refractivity contribution in [1.82, 2.24) is 9.97 Å². The molecule has 9 heteroatoms. The number of halogens is 3. The molecule has 0 radical (unpaired) electrons. The highest BCUT2D eigenvalue weighted by molar-refractivity contribution is 8.00. The van der Waals surface area contributed by atoms with Gasteiger partial charge in [-0.25, -0.2) is 23.1 Å².